The zero-order valence-electron chi connectivity index (χ0n) is 9.27. The summed E-state index contributed by atoms with van der Waals surface area (Å²) in [6.07, 6.45) is 6.05. The summed E-state index contributed by atoms with van der Waals surface area (Å²) in [6.45, 7) is 0. The molecule has 0 fully saturated rings. The molecule has 0 saturated heterocycles. The van der Waals surface area contributed by atoms with E-state index in [0.717, 1.165) is 5.56 Å². The van der Waals surface area contributed by atoms with Gasteiger partial charge in [-0.2, -0.15) is 0 Å². The smallest absolute Gasteiger partial charge is 0.185 e. The van der Waals surface area contributed by atoms with Crippen molar-refractivity contribution >= 4 is 6.29 Å². The maximum atomic E-state index is 10.5. The van der Waals surface area contributed by atoms with Crippen LogP contribution in [0.1, 0.15) is 16.1 Å². The molecule has 0 unspecified atom stereocenters. The molecule has 0 spiro atoms. The maximum Gasteiger partial charge on any atom is 0.185 e. The third kappa shape index (κ3) is 2.06. The zero-order chi connectivity index (χ0) is 12.3. The second kappa shape index (κ2) is 4.58. The molecule has 1 aromatic carbocycles. The molecular formula is C14H10O3. The molecule has 0 aliphatic carbocycles. The molecule has 3 nitrogen and oxygen atoms in total. The molecule has 1 heterocycles. The Bertz CT molecular complexity index is 588. The number of furan rings is 1. The van der Waals surface area contributed by atoms with Crippen molar-refractivity contribution in [3.05, 3.63) is 41.7 Å². The van der Waals surface area contributed by atoms with Gasteiger partial charge in [0.1, 0.15) is 11.5 Å². The van der Waals surface area contributed by atoms with Gasteiger partial charge in [-0.3, -0.25) is 4.79 Å². The molecule has 0 radical (unpaired) electrons. The number of rotatable bonds is 3. The molecule has 84 valence electrons. The van der Waals surface area contributed by atoms with Gasteiger partial charge in [0.05, 0.1) is 12.7 Å². The predicted molar refractivity (Wildman–Crippen MR) is 64.0 cm³/mol. The molecule has 17 heavy (non-hydrogen) atoms. The summed E-state index contributed by atoms with van der Waals surface area (Å²) >= 11 is 0. The molecule has 0 aliphatic heterocycles. The fraction of sp³-hybridized carbons (Fsp3) is 0.0714. The number of methoxy groups -OCH3 is 1. The topological polar surface area (TPSA) is 39.4 Å². The molecule has 0 N–H and O–H groups in total. The van der Waals surface area contributed by atoms with Gasteiger partial charge in [0.2, 0.25) is 0 Å². The van der Waals surface area contributed by atoms with E-state index >= 15 is 0 Å². The summed E-state index contributed by atoms with van der Waals surface area (Å²) in [5.41, 5.74) is 1.46. The largest absolute Gasteiger partial charge is 0.495 e. The first kappa shape index (κ1) is 11.0. The van der Waals surface area contributed by atoms with Crippen LogP contribution in [-0.4, -0.2) is 13.4 Å². The number of hydrogen-bond donors (Lipinski definition) is 0. The Balaban J connectivity index is 2.46. The quantitative estimate of drug-likeness (QED) is 0.596. The van der Waals surface area contributed by atoms with Crippen LogP contribution >= 0.6 is 0 Å². The zero-order valence-corrected chi connectivity index (χ0v) is 9.27. The van der Waals surface area contributed by atoms with Gasteiger partial charge in [-0.15, -0.1) is 6.42 Å². The highest BCUT2D eigenvalue weighted by Crippen LogP contribution is 2.27. The van der Waals surface area contributed by atoms with E-state index in [-0.39, 0.29) is 5.76 Å². The van der Waals surface area contributed by atoms with Gasteiger partial charge in [0, 0.05) is 5.56 Å². The van der Waals surface area contributed by atoms with Crippen LogP contribution in [-0.2, 0) is 0 Å². The van der Waals surface area contributed by atoms with E-state index in [9.17, 15) is 4.79 Å². The van der Waals surface area contributed by atoms with E-state index in [1.165, 1.54) is 0 Å². The molecule has 0 saturated carbocycles. The fourth-order valence-electron chi connectivity index (χ4n) is 1.55. The molecule has 1 aromatic heterocycles. The Morgan fingerprint density at radius 3 is 2.76 bits per heavy atom. The van der Waals surface area contributed by atoms with Crippen LogP contribution in [0.5, 0.6) is 5.75 Å². The highest BCUT2D eigenvalue weighted by molar-refractivity contribution is 5.73. The SMILES string of the molecule is C#Cc1cc(-c2ccc(C=O)o2)ccc1OC. The van der Waals surface area contributed by atoms with Crippen molar-refractivity contribution in [3.8, 4) is 29.4 Å². The van der Waals surface area contributed by atoms with Gasteiger partial charge in [-0.25, -0.2) is 0 Å². The first-order chi connectivity index (χ1) is 8.28. The van der Waals surface area contributed by atoms with Crippen LogP contribution in [0, 0.1) is 12.3 Å². The number of benzene rings is 1. The number of carbonyl (C=O) groups is 1. The Kier molecular flexibility index (Phi) is 2.97. The Morgan fingerprint density at radius 2 is 2.18 bits per heavy atom. The maximum absolute atomic E-state index is 10.5. The van der Waals surface area contributed by atoms with E-state index in [0.29, 0.717) is 23.4 Å². The van der Waals surface area contributed by atoms with Crippen LogP contribution in [0.25, 0.3) is 11.3 Å². The lowest BCUT2D eigenvalue weighted by molar-refractivity contribution is 0.110. The number of hydrogen-bond acceptors (Lipinski definition) is 3. The highest BCUT2D eigenvalue weighted by Gasteiger charge is 2.07. The van der Waals surface area contributed by atoms with Crippen molar-refractivity contribution in [2.45, 2.75) is 0 Å². The molecular weight excluding hydrogens is 216 g/mol. The molecule has 0 aliphatic rings. The van der Waals surface area contributed by atoms with Crippen molar-refractivity contribution in [2.75, 3.05) is 7.11 Å². The van der Waals surface area contributed by atoms with E-state index in [1.54, 1.807) is 31.4 Å². The van der Waals surface area contributed by atoms with Gasteiger partial charge in [-0.05, 0) is 30.3 Å². The second-order valence-electron chi connectivity index (χ2n) is 3.38. The summed E-state index contributed by atoms with van der Waals surface area (Å²) in [7, 11) is 1.56. The first-order valence-corrected chi connectivity index (χ1v) is 4.98. The van der Waals surface area contributed by atoms with E-state index < -0.39 is 0 Å². The minimum atomic E-state index is 0.290. The molecule has 0 bridgehead atoms. The number of carbonyl (C=O) groups excluding carboxylic acids is 1. The standard InChI is InChI=1S/C14H10O3/c1-3-10-8-11(4-6-13(10)16-2)14-7-5-12(9-15)17-14/h1,4-9H,2H3. The van der Waals surface area contributed by atoms with Crippen LogP contribution < -0.4 is 4.74 Å². The predicted octanol–water partition coefficient (Wildman–Crippen LogP) is 2.75. The van der Waals surface area contributed by atoms with Crippen molar-refractivity contribution in [1.29, 1.82) is 0 Å². The van der Waals surface area contributed by atoms with E-state index in [1.807, 2.05) is 6.07 Å². The lowest BCUT2D eigenvalue weighted by Crippen LogP contribution is -1.88. The molecule has 2 rings (SSSR count). The summed E-state index contributed by atoms with van der Waals surface area (Å²) in [4.78, 5) is 10.5. The van der Waals surface area contributed by atoms with Gasteiger partial charge < -0.3 is 9.15 Å². The summed E-state index contributed by atoms with van der Waals surface area (Å²) in [5.74, 6) is 4.07. The van der Waals surface area contributed by atoms with Crippen LogP contribution in [0.3, 0.4) is 0 Å². The summed E-state index contributed by atoms with van der Waals surface area (Å²) in [6, 6.07) is 8.72. The van der Waals surface area contributed by atoms with E-state index in [4.69, 9.17) is 15.6 Å². The van der Waals surface area contributed by atoms with Crippen LogP contribution in [0.15, 0.2) is 34.7 Å². The lowest BCUT2D eigenvalue weighted by atomic mass is 10.1. The summed E-state index contributed by atoms with van der Waals surface area (Å²) < 4.78 is 10.4. The van der Waals surface area contributed by atoms with Crippen molar-refractivity contribution < 1.29 is 13.9 Å². The van der Waals surface area contributed by atoms with Crippen molar-refractivity contribution in [1.82, 2.24) is 0 Å². The Labute approximate surface area is 99.0 Å². The Hall–Kier alpha value is -2.47. The fourth-order valence-corrected chi connectivity index (χ4v) is 1.55. The van der Waals surface area contributed by atoms with Crippen LogP contribution in [0.4, 0.5) is 0 Å². The minimum Gasteiger partial charge on any atom is -0.495 e. The van der Waals surface area contributed by atoms with Gasteiger partial charge in [0.15, 0.2) is 12.0 Å². The summed E-state index contributed by atoms with van der Waals surface area (Å²) in [5, 5.41) is 0. The van der Waals surface area contributed by atoms with Crippen molar-refractivity contribution in [3.63, 3.8) is 0 Å². The molecule has 3 heteroatoms. The number of ether oxygens (including phenoxy) is 1. The average Bonchev–Trinajstić information content (AvgIpc) is 2.86. The molecule has 0 amide bonds. The second-order valence-corrected chi connectivity index (χ2v) is 3.38. The first-order valence-electron chi connectivity index (χ1n) is 4.98. The van der Waals surface area contributed by atoms with Gasteiger partial charge in [-0.1, -0.05) is 5.92 Å². The van der Waals surface area contributed by atoms with E-state index in [2.05, 4.69) is 5.92 Å². The third-order valence-corrected chi connectivity index (χ3v) is 2.38. The Morgan fingerprint density at radius 1 is 1.35 bits per heavy atom. The monoisotopic (exact) mass is 226 g/mol. The van der Waals surface area contributed by atoms with Gasteiger partial charge in [0.25, 0.3) is 0 Å². The normalized spacial score (nSPS) is 9.65. The van der Waals surface area contributed by atoms with Gasteiger partial charge >= 0.3 is 0 Å². The number of aldehydes is 1. The number of terminal acetylenes is 1. The lowest BCUT2D eigenvalue weighted by Gasteiger charge is -2.04. The van der Waals surface area contributed by atoms with Crippen LogP contribution in [0.2, 0.25) is 0 Å². The third-order valence-electron chi connectivity index (χ3n) is 2.38. The average molecular weight is 226 g/mol. The molecule has 2 aromatic rings. The van der Waals surface area contributed by atoms with Crippen molar-refractivity contribution in [2.24, 2.45) is 0 Å². The minimum absolute atomic E-state index is 0.290. The highest BCUT2D eigenvalue weighted by atomic mass is 16.5. The molecule has 0 atom stereocenters.